The molecule has 5 aromatic rings. The number of benzene rings is 4. The minimum absolute atomic E-state index is 0.0950. The number of rotatable bonds is 8. The number of carboxylic acid groups (broad SMARTS) is 1. The van der Waals surface area contributed by atoms with Gasteiger partial charge in [-0.3, -0.25) is 0 Å². The maximum absolute atomic E-state index is 12.8. The SMILES string of the molecule is O=C(NC(Cc1cn(Cc2ccccc2)c2ccccc12)C(=O)O)OCC1c2ccccc2-c2ccccc21. The molecule has 39 heavy (non-hydrogen) atoms. The third-order valence-electron chi connectivity index (χ3n) is 7.42. The minimum Gasteiger partial charge on any atom is -0.480 e. The van der Waals surface area contributed by atoms with Crippen LogP contribution in [0.25, 0.3) is 22.0 Å². The van der Waals surface area contributed by atoms with Gasteiger partial charge >= 0.3 is 12.1 Å². The van der Waals surface area contributed by atoms with Gasteiger partial charge in [-0.2, -0.15) is 0 Å². The number of fused-ring (bicyclic) bond motifs is 4. The predicted molar refractivity (Wildman–Crippen MR) is 151 cm³/mol. The number of carboxylic acids is 1. The van der Waals surface area contributed by atoms with Gasteiger partial charge in [0.05, 0.1) is 0 Å². The minimum atomic E-state index is -1.13. The fourth-order valence-electron chi connectivity index (χ4n) is 5.60. The maximum Gasteiger partial charge on any atom is 0.407 e. The van der Waals surface area contributed by atoms with Gasteiger partial charge in [0.1, 0.15) is 12.6 Å². The van der Waals surface area contributed by atoms with Crippen LogP contribution in [-0.4, -0.2) is 34.4 Å². The molecule has 0 saturated heterocycles. The summed E-state index contributed by atoms with van der Waals surface area (Å²) in [5, 5.41) is 13.5. The van der Waals surface area contributed by atoms with E-state index in [1.165, 1.54) is 0 Å². The summed E-state index contributed by atoms with van der Waals surface area (Å²) >= 11 is 0. The summed E-state index contributed by atoms with van der Waals surface area (Å²) in [6, 6.07) is 33.1. The summed E-state index contributed by atoms with van der Waals surface area (Å²) in [6.07, 6.45) is 1.38. The van der Waals surface area contributed by atoms with Crippen LogP contribution in [-0.2, 0) is 22.5 Å². The molecule has 2 N–H and O–H groups in total. The smallest absolute Gasteiger partial charge is 0.407 e. The van der Waals surface area contributed by atoms with Crippen molar-refractivity contribution in [3.05, 3.63) is 132 Å². The number of hydrogen-bond acceptors (Lipinski definition) is 3. The lowest BCUT2D eigenvalue weighted by Gasteiger charge is -2.17. The van der Waals surface area contributed by atoms with Gasteiger partial charge in [-0.15, -0.1) is 0 Å². The molecule has 1 unspecified atom stereocenters. The molecule has 0 radical (unpaired) electrons. The Morgan fingerprint density at radius 1 is 0.821 bits per heavy atom. The first-order valence-electron chi connectivity index (χ1n) is 13.0. The maximum atomic E-state index is 12.8. The number of ether oxygens (including phenoxy) is 1. The van der Waals surface area contributed by atoms with Gasteiger partial charge in [0.2, 0.25) is 0 Å². The third-order valence-corrected chi connectivity index (χ3v) is 7.42. The van der Waals surface area contributed by atoms with Crippen molar-refractivity contribution in [3.63, 3.8) is 0 Å². The van der Waals surface area contributed by atoms with Gasteiger partial charge in [0, 0.05) is 36.0 Å². The first kappa shape index (κ1) is 24.5. The normalized spacial score (nSPS) is 13.0. The van der Waals surface area contributed by atoms with Crippen LogP contribution in [0.2, 0.25) is 0 Å². The Balaban J connectivity index is 1.17. The predicted octanol–water partition coefficient (Wildman–Crippen LogP) is 6.22. The first-order chi connectivity index (χ1) is 19.1. The van der Waals surface area contributed by atoms with Crippen LogP contribution in [0.5, 0.6) is 0 Å². The van der Waals surface area contributed by atoms with E-state index in [1.54, 1.807) is 0 Å². The molecule has 1 heterocycles. The van der Waals surface area contributed by atoms with Gasteiger partial charge in [0.15, 0.2) is 0 Å². The summed E-state index contributed by atoms with van der Waals surface area (Å²) in [4.78, 5) is 25.0. The van der Waals surface area contributed by atoms with Crippen molar-refractivity contribution in [1.29, 1.82) is 0 Å². The number of aliphatic carboxylic acids is 1. The molecule has 1 amide bonds. The number of nitrogens with zero attached hydrogens (tertiary/aromatic N) is 1. The zero-order valence-electron chi connectivity index (χ0n) is 21.3. The van der Waals surface area contributed by atoms with Crippen LogP contribution in [0.4, 0.5) is 4.79 Å². The molecule has 1 aliphatic rings. The number of para-hydroxylation sites is 1. The van der Waals surface area contributed by atoms with Gasteiger partial charge in [0.25, 0.3) is 0 Å². The Morgan fingerprint density at radius 2 is 1.44 bits per heavy atom. The molecule has 1 aliphatic carbocycles. The monoisotopic (exact) mass is 516 g/mol. The van der Waals surface area contributed by atoms with Crippen LogP contribution >= 0.6 is 0 Å². The molecule has 0 saturated carbocycles. The topological polar surface area (TPSA) is 80.6 Å². The summed E-state index contributed by atoms with van der Waals surface area (Å²) in [7, 11) is 0. The van der Waals surface area contributed by atoms with E-state index in [-0.39, 0.29) is 18.9 Å². The van der Waals surface area contributed by atoms with Gasteiger partial charge in [-0.05, 0) is 39.4 Å². The Kier molecular flexibility index (Phi) is 6.59. The van der Waals surface area contributed by atoms with E-state index in [1.807, 2.05) is 85.1 Å². The molecule has 0 bridgehead atoms. The second-order valence-corrected chi connectivity index (χ2v) is 9.85. The van der Waals surface area contributed by atoms with Crippen molar-refractivity contribution in [2.24, 2.45) is 0 Å². The van der Waals surface area contributed by atoms with Crippen molar-refractivity contribution < 1.29 is 19.4 Å². The average Bonchev–Trinajstić information content (AvgIpc) is 3.47. The molecule has 0 spiro atoms. The molecule has 6 rings (SSSR count). The standard InChI is InChI=1S/C33H28N2O4/c36-32(37)30(18-23-20-35(19-22-10-2-1-3-11-22)31-17-9-8-12-24(23)31)34-33(38)39-21-29-27-15-6-4-13-25(27)26-14-5-7-16-28(26)29/h1-17,20,29-30H,18-19,21H2,(H,34,38)(H,36,37). The van der Waals surface area contributed by atoms with Crippen LogP contribution in [0, 0.1) is 0 Å². The van der Waals surface area contributed by atoms with E-state index in [4.69, 9.17) is 4.74 Å². The van der Waals surface area contributed by atoms with Crippen molar-refractivity contribution >= 4 is 23.0 Å². The van der Waals surface area contributed by atoms with E-state index in [0.29, 0.717) is 6.54 Å². The highest BCUT2D eigenvalue weighted by atomic mass is 16.5. The number of alkyl carbamates (subject to hydrolysis) is 1. The molecule has 1 atom stereocenters. The number of hydrogen-bond donors (Lipinski definition) is 2. The Morgan fingerprint density at radius 3 is 2.13 bits per heavy atom. The second kappa shape index (κ2) is 10.5. The van der Waals surface area contributed by atoms with Gasteiger partial charge in [-0.1, -0.05) is 97.1 Å². The molecular weight excluding hydrogens is 488 g/mol. The van der Waals surface area contributed by atoms with Crippen LogP contribution in [0.3, 0.4) is 0 Å². The molecule has 6 nitrogen and oxygen atoms in total. The van der Waals surface area contributed by atoms with Crippen LogP contribution < -0.4 is 5.32 Å². The Bertz CT molecular complexity index is 1610. The lowest BCUT2D eigenvalue weighted by molar-refractivity contribution is -0.139. The van der Waals surface area contributed by atoms with E-state index < -0.39 is 18.1 Å². The highest BCUT2D eigenvalue weighted by Gasteiger charge is 2.30. The largest absolute Gasteiger partial charge is 0.480 e. The lowest BCUT2D eigenvalue weighted by atomic mass is 9.98. The molecule has 6 heteroatoms. The lowest BCUT2D eigenvalue weighted by Crippen LogP contribution is -2.42. The molecule has 0 fully saturated rings. The summed E-state index contributed by atoms with van der Waals surface area (Å²) in [5.41, 5.74) is 7.50. The summed E-state index contributed by atoms with van der Waals surface area (Å²) in [6.45, 7) is 0.793. The van der Waals surface area contributed by atoms with E-state index in [9.17, 15) is 14.7 Å². The fourth-order valence-corrected chi connectivity index (χ4v) is 5.60. The average molecular weight is 517 g/mol. The van der Waals surface area contributed by atoms with Gasteiger partial charge < -0.3 is 19.7 Å². The zero-order valence-corrected chi connectivity index (χ0v) is 21.3. The number of aromatic nitrogens is 1. The van der Waals surface area contributed by atoms with Crippen molar-refractivity contribution in [1.82, 2.24) is 9.88 Å². The van der Waals surface area contributed by atoms with E-state index in [2.05, 4.69) is 34.1 Å². The molecule has 4 aromatic carbocycles. The van der Waals surface area contributed by atoms with Crippen molar-refractivity contribution in [2.45, 2.75) is 24.9 Å². The summed E-state index contributed by atoms with van der Waals surface area (Å²) in [5.74, 6) is -1.20. The van der Waals surface area contributed by atoms with E-state index >= 15 is 0 Å². The summed E-state index contributed by atoms with van der Waals surface area (Å²) < 4.78 is 7.73. The number of carbonyl (C=O) groups excluding carboxylic acids is 1. The fraction of sp³-hybridized carbons (Fsp3) is 0.152. The molecular formula is C33H28N2O4. The molecule has 194 valence electrons. The Labute approximate surface area is 226 Å². The van der Waals surface area contributed by atoms with Gasteiger partial charge in [-0.25, -0.2) is 9.59 Å². The van der Waals surface area contributed by atoms with Crippen molar-refractivity contribution in [2.75, 3.05) is 6.61 Å². The number of carbonyl (C=O) groups is 2. The number of amides is 1. The van der Waals surface area contributed by atoms with Crippen LogP contribution in [0.15, 0.2) is 109 Å². The molecule has 1 aromatic heterocycles. The quantitative estimate of drug-likeness (QED) is 0.256. The second-order valence-electron chi connectivity index (χ2n) is 9.85. The first-order valence-corrected chi connectivity index (χ1v) is 13.0. The molecule has 0 aliphatic heterocycles. The number of nitrogens with one attached hydrogen (secondary N) is 1. The highest BCUT2D eigenvalue weighted by molar-refractivity contribution is 5.86. The highest BCUT2D eigenvalue weighted by Crippen LogP contribution is 2.44. The van der Waals surface area contributed by atoms with Crippen LogP contribution in [0.1, 0.15) is 28.2 Å². The zero-order chi connectivity index (χ0) is 26.8. The Hall–Kier alpha value is -4.84. The third kappa shape index (κ3) is 4.89. The van der Waals surface area contributed by atoms with Crippen molar-refractivity contribution in [3.8, 4) is 11.1 Å². The van der Waals surface area contributed by atoms with E-state index in [0.717, 1.165) is 44.3 Å².